The van der Waals surface area contributed by atoms with Crippen LogP contribution < -0.4 is 10.0 Å². The van der Waals surface area contributed by atoms with Gasteiger partial charge in [-0.2, -0.15) is 0 Å². The fourth-order valence-corrected chi connectivity index (χ4v) is 2.41. The minimum absolute atomic E-state index is 0.0407. The Morgan fingerprint density at radius 2 is 2.11 bits per heavy atom. The second-order valence-corrected chi connectivity index (χ2v) is 5.74. The molecule has 5 nitrogen and oxygen atoms in total. The SMILES string of the molecule is CCNCc1cccc(NS(=O)(=O)CCOC)c1. The molecule has 1 rings (SSSR count). The van der Waals surface area contributed by atoms with E-state index in [4.69, 9.17) is 4.74 Å². The first-order valence-electron chi connectivity index (χ1n) is 5.86. The van der Waals surface area contributed by atoms with E-state index in [-0.39, 0.29) is 12.4 Å². The average Bonchev–Trinajstić information content (AvgIpc) is 2.34. The maximum absolute atomic E-state index is 11.7. The second kappa shape index (κ2) is 7.35. The molecule has 2 N–H and O–H groups in total. The molecule has 0 bridgehead atoms. The Bertz CT molecular complexity index is 460. The Balaban J connectivity index is 2.66. The van der Waals surface area contributed by atoms with E-state index in [2.05, 4.69) is 10.0 Å². The molecule has 0 fully saturated rings. The third-order valence-electron chi connectivity index (χ3n) is 2.34. The average molecular weight is 272 g/mol. The molecule has 0 saturated heterocycles. The predicted molar refractivity (Wildman–Crippen MR) is 73.1 cm³/mol. The van der Waals surface area contributed by atoms with Gasteiger partial charge >= 0.3 is 0 Å². The Morgan fingerprint density at radius 1 is 1.33 bits per heavy atom. The monoisotopic (exact) mass is 272 g/mol. The maximum atomic E-state index is 11.7. The Morgan fingerprint density at radius 3 is 2.78 bits per heavy atom. The van der Waals surface area contributed by atoms with Gasteiger partial charge < -0.3 is 10.1 Å². The van der Waals surface area contributed by atoms with Crippen LogP contribution in [0.2, 0.25) is 0 Å². The molecular weight excluding hydrogens is 252 g/mol. The molecule has 1 aromatic carbocycles. The molecule has 0 aliphatic rings. The van der Waals surface area contributed by atoms with E-state index in [9.17, 15) is 8.42 Å². The number of anilines is 1. The van der Waals surface area contributed by atoms with Crippen LogP contribution in [0, 0.1) is 0 Å². The van der Waals surface area contributed by atoms with Crippen molar-refractivity contribution in [3.63, 3.8) is 0 Å². The lowest BCUT2D eigenvalue weighted by atomic mass is 10.2. The molecule has 18 heavy (non-hydrogen) atoms. The molecule has 0 aliphatic heterocycles. The number of hydrogen-bond acceptors (Lipinski definition) is 4. The first-order chi connectivity index (χ1) is 8.57. The molecule has 0 aliphatic carbocycles. The lowest BCUT2D eigenvalue weighted by Crippen LogP contribution is -2.20. The third-order valence-corrected chi connectivity index (χ3v) is 3.59. The molecule has 0 amide bonds. The van der Waals surface area contributed by atoms with Gasteiger partial charge in [0, 0.05) is 19.3 Å². The highest BCUT2D eigenvalue weighted by Gasteiger charge is 2.09. The number of sulfonamides is 1. The molecular formula is C12H20N2O3S. The molecule has 0 aromatic heterocycles. The fraction of sp³-hybridized carbons (Fsp3) is 0.500. The molecule has 0 radical (unpaired) electrons. The molecule has 102 valence electrons. The Kier molecular flexibility index (Phi) is 6.11. The van der Waals surface area contributed by atoms with Crippen LogP contribution in [0.4, 0.5) is 5.69 Å². The van der Waals surface area contributed by atoms with Crippen LogP contribution in [0.5, 0.6) is 0 Å². The topological polar surface area (TPSA) is 67.4 Å². The van der Waals surface area contributed by atoms with E-state index >= 15 is 0 Å². The van der Waals surface area contributed by atoms with E-state index in [1.54, 1.807) is 6.07 Å². The summed E-state index contributed by atoms with van der Waals surface area (Å²) in [7, 11) is -1.85. The van der Waals surface area contributed by atoms with Crippen molar-refractivity contribution in [3.05, 3.63) is 29.8 Å². The molecule has 6 heteroatoms. The van der Waals surface area contributed by atoms with Crippen molar-refractivity contribution in [2.24, 2.45) is 0 Å². The largest absolute Gasteiger partial charge is 0.384 e. The molecule has 0 unspecified atom stereocenters. The van der Waals surface area contributed by atoms with E-state index in [0.717, 1.165) is 18.7 Å². The number of hydrogen-bond donors (Lipinski definition) is 2. The van der Waals surface area contributed by atoms with Crippen LogP contribution in [0.1, 0.15) is 12.5 Å². The highest BCUT2D eigenvalue weighted by Crippen LogP contribution is 2.12. The first-order valence-corrected chi connectivity index (χ1v) is 7.51. The standard InChI is InChI=1S/C12H20N2O3S/c1-3-13-10-11-5-4-6-12(9-11)14-18(15,16)8-7-17-2/h4-6,9,13-14H,3,7-8,10H2,1-2H3. The smallest absolute Gasteiger partial charge is 0.234 e. The molecule has 1 aromatic rings. The van der Waals surface area contributed by atoms with Crippen molar-refractivity contribution >= 4 is 15.7 Å². The van der Waals surface area contributed by atoms with Gasteiger partial charge in [0.1, 0.15) is 0 Å². The van der Waals surface area contributed by atoms with Gasteiger partial charge in [-0.15, -0.1) is 0 Å². The summed E-state index contributed by atoms with van der Waals surface area (Å²) in [4.78, 5) is 0. The number of rotatable bonds is 8. The van der Waals surface area contributed by atoms with Crippen LogP contribution in [-0.2, 0) is 21.3 Å². The summed E-state index contributed by atoms with van der Waals surface area (Å²) in [5.74, 6) is -0.0407. The Labute approximate surface area is 109 Å². The summed E-state index contributed by atoms with van der Waals surface area (Å²) in [6.07, 6.45) is 0. The summed E-state index contributed by atoms with van der Waals surface area (Å²) >= 11 is 0. The number of benzene rings is 1. The molecule has 0 spiro atoms. The van der Waals surface area contributed by atoms with Gasteiger partial charge in [0.15, 0.2) is 0 Å². The molecule has 0 heterocycles. The zero-order valence-corrected chi connectivity index (χ0v) is 11.6. The fourth-order valence-electron chi connectivity index (χ4n) is 1.44. The number of nitrogens with one attached hydrogen (secondary N) is 2. The van der Waals surface area contributed by atoms with Gasteiger partial charge in [-0.25, -0.2) is 8.42 Å². The summed E-state index contributed by atoms with van der Waals surface area (Å²) in [6.45, 7) is 3.82. The summed E-state index contributed by atoms with van der Waals surface area (Å²) in [6, 6.07) is 7.35. The van der Waals surface area contributed by atoms with Crippen LogP contribution in [0.3, 0.4) is 0 Å². The van der Waals surface area contributed by atoms with Crippen molar-refractivity contribution in [2.45, 2.75) is 13.5 Å². The highest BCUT2D eigenvalue weighted by molar-refractivity contribution is 7.92. The zero-order chi connectivity index (χ0) is 13.4. The van der Waals surface area contributed by atoms with Gasteiger partial charge in [0.25, 0.3) is 0 Å². The van der Waals surface area contributed by atoms with Gasteiger partial charge in [-0.05, 0) is 24.2 Å². The first kappa shape index (κ1) is 14.9. The maximum Gasteiger partial charge on any atom is 0.234 e. The summed E-state index contributed by atoms with van der Waals surface area (Å²) < 4.78 is 30.7. The number of ether oxygens (including phenoxy) is 1. The van der Waals surface area contributed by atoms with Crippen LogP contribution in [-0.4, -0.2) is 34.4 Å². The lowest BCUT2D eigenvalue weighted by Gasteiger charge is -2.09. The van der Waals surface area contributed by atoms with Gasteiger partial charge in [0.2, 0.25) is 10.0 Å². The number of methoxy groups -OCH3 is 1. The minimum Gasteiger partial charge on any atom is -0.384 e. The summed E-state index contributed by atoms with van der Waals surface area (Å²) in [5, 5.41) is 3.19. The Hall–Kier alpha value is -1.11. The van der Waals surface area contributed by atoms with Crippen LogP contribution in [0.25, 0.3) is 0 Å². The van der Waals surface area contributed by atoms with Crippen LogP contribution >= 0.6 is 0 Å². The van der Waals surface area contributed by atoms with E-state index in [1.165, 1.54) is 7.11 Å². The van der Waals surface area contributed by atoms with E-state index in [1.807, 2.05) is 25.1 Å². The summed E-state index contributed by atoms with van der Waals surface area (Å²) in [5.41, 5.74) is 1.63. The lowest BCUT2D eigenvalue weighted by molar-refractivity contribution is 0.217. The molecule has 0 atom stereocenters. The van der Waals surface area contributed by atoms with Gasteiger partial charge in [0.05, 0.1) is 12.4 Å². The van der Waals surface area contributed by atoms with Crippen molar-refractivity contribution < 1.29 is 13.2 Å². The second-order valence-electron chi connectivity index (χ2n) is 3.89. The zero-order valence-electron chi connectivity index (χ0n) is 10.8. The third kappa shape index (κ3) is 5.48. The van der Waals surface area contributed by atoms with E-state index in [0.29, 0.717) is 5.69 Å². The van der Waals surface area contributed by atoms with Gasteiger partial charge in [-0.3, -0.25) is 4.72 Å². The quantitative estimate of drug-likeness (QED) is 0.746. The van der Waals surface area contributed by atoms with Crippen molar-refractivity contribution in [1.29, 1.82) is 0 Å². The van der Waals surface area contributed by atoms with Crippen molar-refractivity contribution in [1.82, 2.24) is 5.32 Å². The minimum atomic E-state index is -3.33. The highest BCUT2D eigenvalue weighted by atomic mass is 32.2. The van der Waals surface area contributed by atoms with E-state index < -0.39 is 10.0 Å². The molecule has 0 saturated carbocycles. The predicted octanol–water partition coefficient (Wildman–Crippen LogP) is 1.18. The van der Waals surface area contributed by atoms with Crippen LogP contribution in [0.15, 0.2) is 24.3 Å². The normalized spacial score (nSPS) is 11.4. The van der Waals surface area contributed by atoms with Crippen molar-refractivity contribution in [2.75, 3.05) is 30.7 Å². The van der Waals surface area contributed by atoms with Gasteiger partial charge in [-0.1, -0.05) is 19.1 Å². The van der Waals surface area contributed by atoms with Crippen molar-refractivity contribution in [3.8, 4) is 0 Å².